The summed E-state index contributed by atoms with van der Waals surface area (Å²) in [5.74, 6) is -0.661. The van der Waals surface area contributed by atoms with Crippen LogP contribution in [0.3, 0.4) is 0 Å². The second-order valence-corrected chi connectivity index (χ2v) is 9.23. The van der Waals surface area contributed by atoms with Crippen molar-refractivity contribution in [2.45, 2.75) is 31.1 Å². The maximum atomic E-state index is 11.9. The van der Waals surface area contributed by atoms with E-state index in [9.17, 15) is 16.8 Å². The van der Waals surface area contributed by atoms with Crippen molar-refractivity contribution in [3.8, 4) is 0 Å². The third kappa shape index (κ3) is 3.43. The van der Waals surface area contributed by atoms with Crippen LogP contribution in [-0.4, -0.2) is 45.9 Å². The van der Waals surface area contributed by atoms with Gasteiger partial charge in [0.1, 0.15) is 9.84 Å². The van der Waals surface area contributed by atoms with E-state index in [4.69, 9.17) is 5.73 Å². The molecule has 7 heteroatoms. The molecule has 1 fully saturated rings. The Labute approximate surface area is 97.2 Å². The lowest BCUT2D eigenvalue weighted by Gasteiger charge is -2.18. The smallest absolute Gasteiger partial charge is 0.154 e. The van der Waals surface area contributed by atoms with Crippen LogP contribution < -0.4 is 5.73 Å². The van der Waals surface area contributed by atoms with Gasteiger partial charge in [0.05, 0.1) is 16.8 Å². The second-order valence-electron chi connectivity index (χ2n) is 4.64. The van der Waals surface area contributed by atoms with Gasteiger partial charge in [-0.15, -0.1) is 0 Å². The number of hydrogen-bond acceptors (Lipinski definition) is 5. The summed E-state index contributed by atoms with van der Waals surface area (Å²) in [6, 6.07) is -0.0852. The molecule has 0 saturated heterocycles. The van der Waals surface area contributed by atoms with Crippen molar-refractivity contribution < 1.29 is 16.8 Å². The van der Waals surface area contributed by atoms with Crippen molar-refractivity contribution in [3.63, 3.8) is 0 Å². The highest BCUT2D eigenvalue weighted by atomic mass is 32.2. The SMILES string of the molecule is CC1C(N)CCC1S(=O)(=O)CCS(C)(=O)=O. The molecule has 0 radical (unpaired) electrons. The Morgan fingerprint density at radius 1 is 1.12 bits per heavy atom. The Hall–Kier alpha value is -0.140. The summed E-state index contributed by atoms with van der Waals surface area (Å²) in [6.07, 6.45) is 2.30. The Bertz CT molecular complexity index is 440. The second kappa shape index (κ2) is 4.62. The van der Waals surface area contributed by atoms with Crippen LogP contribution in [0.4, 0.5) is 0 Å². The van der Waals surface area contributed by atoms with Crippen LogP contribution in [0.25, 0.3) is 0 Å². The molecule has 16 heavy (non-hydrogen) atoms. The molecule has 1 saturated carbocycles. The van der Waals surface area contributed by atoms with Crippen LogP contribution in [0.15, 0.2) is 0 Å². The van der Waals surface area contributed by atoms with Gasteiger partial charge in [0.25, 0.3) is 0 Å². The number of hydrogen-bond donors (Lipinski definition) is 1. The molecule has 1 rings (SSSR count). The molecule has 0 amide bonds. The van der Waals surface area contributed by atoms with Crippen LogP contribution in [0.1, 0.15) is 19.8 Å². The predicted octanol–water partition coefficient (Wildman–Crippen LogP) is -0.428. The van der Waals surface area contributed by atoms with Crippen LogP contribution in [0.5, 0.6) is 0 Å². The summed E-state index contributed by atoms with van der Waals surface area (Å²) >= 11 is 0. The topological polar surface area (TPSA) is 94.3 Å². The minimum atomic E-state index is -3.33. The fourth-order valence-corrected chi connectivity index (χ4v) is 5.88. The number of sulfone groups is 2. The van der Waals surface area contributed by atoms with E-state index in [0.29, 0.717) is 12.8 Å². The van der Waals surface area contributed by atoms with E-state index >= 15 is 0 Å². The Morgan fingerprint density at radius 3 is 2.06 bits per heavy atom. The minimum Gasteiger partial charge on any atom is -0.327 e. The van der Waals surface area contributed by atoms with Gasteiger partial charge < -0.3 is 5.73 Å². The molecular weight excluding hydrogens is 250 g/mol. The lowest BCUT2D eigenvalue weighted by atomic mass is 10.1. The summed E-state index contributed by atoms with van der Waals surface area (Å²) in [6.45, 7) is 1.82. The van der Waals surface area contributed by atoms with Crippen LogP contribution >= 0.6 is 0 Å². The largest absolute Gasteiger partial charge is 0.327 e. The molecule has 1 aliphatic carbocycles. The molecule has 5 nitrogen and oxygen atoms in total. The standard InChI is InChI=1S/C9H19NO4S2/c1-7-8(10)3-4-9(7)16(13,14)6-5-15(2,11)12/h7-9H,3-6,10H2,1-2H3. The zero-order valence-corrected chi connectivity index (χ0v) is 11.2. The maximum absolute atomic E-state index is 11.9. The van der Waals surface area contributed by atoms with Gasteiger partial charge in [0, 0.05) is 12.3 Å². The highest BCUT2D eigenvalue weighted by Gasteiger charge is 2.39. The third-order valence-electron chi connectivity index (χ3n) is 3.25. The number of nitrogens with two attached hydrogens (primary N) is 1. The summed E-state index contributed by atoms with van der Waals surface area (Å²) in [5.41, 5.74) is 5.76. The van der Waals surface area contributed by atoms with Gasteiger partial charge in [-0.3, -0.25) is 0 Å². The monoisotopic (exact) mass is 269 g/mol. The van der Waals surface area contributed by atoms with Crippen molar-refractivity contribution in [1.29, 1.82) is 0 Å². The Balaban J connectivity index is 2.72. The Kier molecular flexibility index (Phi) is 4.02. The summed E-state index contributed by atoms with van der Waals surface area (Å²) in [5, 5.41) is -0.468. The van der Waals surface area contributed by atoms with Crippen molar-refractivity contribution in [2.75, 3.05) is 17.8 Å². The third-order valence-corrected chi connectivity index (χ3v) is 6.81. The minimum absolute atomic E-state index is 0.0791. The van der Waals surface area contributed by atoms with Gasteiger partial charge in [-0.1, -0.05) is 6.92 Å². The molecule has 0 aromatic rings. The normalized spacial score (nSPS) is 31.8. The average molecular weight is 269 g/mol. The molecule has 1 aliphatic rings. The molecule has 0 spiro atoms. The molecule has 0 bridgehead atoms. The molecular formula is C9H19NO4S2. The van der Waals surface area contributed by atoms with E-state index in [1.54, 1.807) is 0 Å². The molecule has 96 valence electrons. The van der Waals surface area contributed by atoms with E-state index in [1.807, 2.05) is 6.92 Å². The first-order valence-electron chi connectivity index (χ1n) is 5.28. The number of rotatable bonds is 4. The van der Waals surface area contributed by atoms with Crippen LogP contribution in [0.2, 0.25) is 0 Å². The first-order chi connectivity index (χ1) is 7.13. The quantitative estimate of drug-likeness (QED) is 0.747. The predicted molar refractivity (Wildman–Crippen MR) is 63.7 cm³/mol. The molecule has 0 aromatic carbocycles. The van der Waals surface area contributed by atoms with Gasteiger partial charge in [0.15, 0.2) is 9.84 Å². The molecule has 3 unspecified atom stereocenters. The highest BCUT2D eigenvalue weighted by Crippen LogP contribution is 2.30. The zero-order valence-electron chi connectivity index (χ0n) is 9.59. The molecule has 0 heterocycles. The van der Waals surface area contributed by atoms with Crippen LogP contribution in [0, 0.1) is 5.92 Å². The highest BCUT2D eigenvalue weighted by molar-refractivity contribution is 7.95. The van der Waals surface area contributed by atoms with E-state index in [-0.39, 0.29) is 23.5 Å². The first-order valence-corrected chi connectivity index (χ1v) is 9.06. The van der Waals surface area contributed by atoms with Crippen molar-refractivity contribution in [3.05, 3.63) is 0 Å². The lowest BCUT2D eigenvalue weighted by Crippen LogP contribution is -2.34. The van der Waals surface area contributed by atoms with Crippen molar-refractivity contribution in [2.24, 2.45) is 11.7 Å². The lowest BCUT2D eigenvalue weighted by molar-refractivity contribution is 0.507. The zero-order chi connectivity index (χ0) is 12.6. The van der Waals surface area contributed by atoms with Gasteiger partial charge in [0.2, 0.25) is 0 Å². The fourth-order valence-electron chi connectivity index (χ4n) is 2.08. The summed E-state index contributed by atoms with van der Waals surface area (Å²) < 4.78 is 45.7. The van der Waals surface area contributed by atoms with Crippen LogP contribution in [-0.2, 0) is 19.7 Å². The molecule has 3 atom stereocenters. The molecule has 0 aromatic heterocycles. The van der Waals surface area contributed by atoms with E-state index in [0.717, 1.165) is 6.26 Å². The summed E-state index contributed by atoms with van der Waals surface area (Å²) in [4.78, 5) is 0. The maximum Gasteiger partial charge on any atom is 0.154 e. The van der Waals surface area contributed by atoms with Crippen molar-refractivity contribution >= 4 is 19.7 Å². The van der Waals surface area contributed by atoms with E-state index in [2.05, 4.69) is 0 Å². The van der Waals surface area contributed by atoms with Gasteiger partial charge in [-0.25, -0.2) is 16.8 Å². The van der Waals surface area contributed by atoms with Gasteiger partial charge >= 0.3 is 0 Å². The fraction of sp³-hybridized carbons (Fsp3) is 1.00. The van der Waals surface area contributed by atoms with Gasteiger partial charge in [-0.05, 0) is 18.8 Å². The molecule has 2 N–H and O–H groups in total. The Morgan fingerprint density at radius 2 is 1.69 bits per heavy atom. The average Bonchev–Trinajstić information content (AvgIpc) is 2.44. The summed E-state index contributed by atoms with van der Waals surface area (Å²) in [7, 11) is -6.56. The first kappa shape index (κ1) is 13.9. The van der Waals surface area contributed by atoms with E-state index in [1.165, 1.54) is 0 Å². The van der Waals surface area contributed by atoms with E-state index < -0.39 is 24.9 Å². The molecule has 0 aliphatic heterocycles. The van der Waals surface area contributed by atoms with Gasteiger partial charge in [-0.2, -0.15) is 0 Å². The van der Waals surface area contributed by atoms with Crippen molar-refractivity contribution in [1.82, 2.24) is 0 Å².